The molecule has 2 unspecified atom stereocenters. The van der Waals surface area contributed by atoms with Gasteiger partial charge in [-0.05, 0) is 51.4 Å². The molecule has 0 aromatic rings. The van der Waals surface area contributed by atoms with Crippen LogP contribution in [-0.4, -0.2) is 34.9 Å². The number of carbonyl (C=O) groups excluding carboxylic acids is 1. The van der Waals surface area contributed by atoms with Gasteiger partial charge in [0.2, 0.25) is 5.91 Å². The lowest BCUT2D eigenvalue weighted by Crippen LogP contribution is -2.45. The van der Waals surface area contributed by atoms with Crippen LogP contribution in [0.4, 0.5) is 0 Å². The third-order valence-electron chi connectivity index (χ3n) is 15.6. The van der Waals surface area contributed by atoms with Crippen LogP contribution >= 0.6 is 0 Å². The van der Waals surface area contributed by atoms with Crippen LogP contribution in [0.1, 0.15) is 373 Å². The second-order valence-corrected chi connectivity index (χ2v) is 22.9. The van der Waals surface area contributed by atoms with Crippen LogP contribution in [0.2, 0.25) is 0 Å². The number of allylic oxidation sites excluding steroid dienone is 5. The molecule has 0 fully saturated rings. The van der Waals surface area contributed by atoms with Crippen molar-refractivity contribution >= 4 is 5.91 Å². The fourth-order valence-electron chi connectivity index (χ4n) is 10.6. The summed E-state index contributed by atoms with van der Waals surface area (Å²) in [6.45, 7) is 4.35. The summed E-state index contributed by atoms with van der Waals surface area (Å²) in [6, 6.07) is -0.623. The number of aliphatic hydroxyl groups is 2. The molecule has 0 aliphatic carbocycles. The average Bonchev–Trinajstić information content (AvgIpc) is 3.39. The number of nitrogens with one attached hydrogen (secondary N) is 1. The van der Waals surface area contributed by atoms with Crippen molar-refractivity contribution in [2.45, 2.75) is 386 Å². The van der Waals surface area contributed by atoms with Crippen LogP contribution in [0, 0.1) is 0 Å². The van der Waals surface area contributed by atoms with E-state index in [1.807, 2.05) is 6.08 Å². The predicted octanol–water partition coefficient (Wildman–Crippen LogP) is 22.4. The maximum atomic E-state index is 12.5. The molecule has 0 saturated carbocycles. The number of hydrogen-bond donors (Lipinski definition) is 3. The first-order chi connectivity index (χ1) is 35.7. The van der Waals surface area contributed by atoms with Crippen molar-refractivity contribution in [1.82, 2.24) is 5.32 Å². The molecule has 2 atom stereocenters. The van der Waals surface area contributed by atoms with Gasteiger partial charge in [-0.2, -0.15) is 0 Å². The number of carbonyl (C=O) groups is 1. The van der Waals surface area contributed by atoms with Crippen LogP contribution in [0.15, 0.2) is 36.5 Å². The number of rotatable bonds is 62. The summed E-state index contributed by atoms with van der Waals surface area (Å²) < 4.78 is 0. The Morgan fingerprint density at radius 3 is 0.833 bits per heavy atom. The molecule has 72 heavy (non-hydrogen) atoms. The Morgan fingerprint density at radius 1 is 0.333 bits per heavy atom. The Kier molecular flexibility index (Phi) is 62.7. The summed E-state index contributed by atoms with van der Waals surface area (Å²) in [7, 11) is 0. The Hall–Kier alpha value is -1.39. The molecule has 4 nitrogen and oxygen atoms in total. The molecule has 426 valence electrons. The van der Waals surface area contributed by atoms with Crippen molar-refractivity contribution < 1.29 is 15.0 Å². The van der Waals surface area contributed by atoms with Crippen molar-refractivity contribution in [1.29, 1.82) is 0 Å². The first-order valence-corrected chi connectivity index (χ1v) is 33.2. The summed E-state index contributed by atoms with van der Waals surface area (Å²) in [4.78, 5) is 12.5. The molecule has 3 N–H and O–H groups in total. The van der Waals surface area contributed by atoms with Gasteiger partial charge in [-0.3, -0.25) is 4.79 Å². The quantitative estimate of drug-likeness (QED) is 0.0420. The first-order valence-electron chi connectivity index (χ1n) is 33.2. The SMILES string of the molecule is CCCCCCCCCCCCC/C=C\C/C=C\CCCCCCCCCCCCCCCCCCCC(=O)NC(CO)C(O)/C=C/CCCCCCCCCCCCCCCCCCCCCCCCC. The standard InChI is InChI=1S/C68H131NO3/c1-3-5-7-9-11-13-15-17-19-21-23-25-27-29-30-31-32-33-34-35-36-37-38-40-42-44-46-48-50-52-54-56-58-60-62-64-68(72)69-66(65-70)67(71)63-61-59-57-55-53-51-49-47-45-43-41-39-28-26-24-22-20-18-16-14-12-10-8-6-4-2/h27,29,31-32,61,63,66-67,70-71H,3-26,28,30,33-60,62,64-65H2,1-2H3,(H,69,72)/b29-27-,32-31-,63-61+. The molecular weight excluding hydrogens is 879 g/mol. The maximum Gasteiger partial charge on any atom is 0.220 e. The Morgan fingerprint density at radius 2 is 0.569 bits per heavy atom. The molecule has 0 radical (unpaired) electrons. The van der Waals surface area contributed by atoms with Gasteiger partial charge < -0.3 is 15.5 Å². The van der Waals surface area contributed by atoms with E-state index in [1.54, 1.807) is 6.08 Å². The van der Waals surface area contributed by atoms with Crippen LogP contribution in [0.5, 0.6) is 0 Å². The van der Waals surface area contributed by atoms with Crippen molar-refractivity contribution in [3.63, 3.8) is 0 Å². The van der Waals surface area contributed by atoms with Crippen molar-refractivity contribution in [2.75, 3.05) is 6.61 Å². The molecule has 0 rings (SSSR count). The molecular formula is C68H131NO3. The lowest BCUT2D eigenvalue weighted by atomic mass is 10.0. The molecule has 0 saturated heterocycles. The van der Waals surface area contributed by atoms with Crippen LogP contribution in [-0.2, 0) is 4.79 Å². The van der Waals surface area contributed by atoms with Crippen molar-refractivity contribution in [3.05, 3.63) is 36.5 Å². The average molecular weight is 1010 g/mol. The van der Waals surface area contributed by atoms with Gasteiger partial charge in [0, 0.05) is 6.42 Å². The van der Waals surface area contributed by atoms with E-state index in [0.717, 1.165) is 32.1 Å². The third kappa shape index (κ3) is 59.5. The van der Waals surface area contributed by atoms with E-state index in [1.165, 1.54) is 321 Å². The van der Waals surface area contributed by atoms with Crippen LogP contribution in [0.25, 0.3) is 0 Å². The largest absolute Gasteiger partial charge is 0.394 e. The van der Waals surface area contributed by atoms with E-state index in [4.69, 9.17) is 0 Å². The number of unbranched alkanes of at least 4 members (excludes halogenated alkanes) is 51. The second-order valence-electron chi connectivity index (χ2n) is 22.9. The third-order valence-corrected chi connectivity index (χ3v) is 15.6. The Balaban J connectivity index is 3.43. The highest BCUT2D eigenvalue weighted by Gasteiger charge is 2.18. The van der Waals surface area contributed by atoms with Gasteiger partial charge in [-0.1, -0.05) is 352 Å². The molecule has 0 aliphatic rings. The summed E-state index contributed by atoms with van der Waals surface area (Å²) in [5.74, 6) is -0.0572. The molecule has 0 aliphatic heterocycles. The van der Waals surface area contributed by atoms with Crippen molar-refractivity contribution in [2.24, 2.45) is 0 Å². The summed E-state index contributed by atoms with van der Waals surface area (Å²) in [6.07, 6.45) is 87.9. The number of amides is 1. The zero-order chi connectivity index (χ0) is 52.0. The number of hydrogen-bond acceptors (Lipinski definition) is 3. The van der Waals surface area contributed by atoms with Gasteiger partial charge in [0.25, 0.3) is 0 Å². The van der Waals surface area contributed by atoms with Gasteiger partial charge in [0.1, 0.15) is 0 Å². The summed E-state index contributed by atoms with van der Waals surface area (Å²) in [5, 5.41) is 23.3. The lowest BCUT2D eigenvalue weighted by Gasteiger charge is -2.20. The summed E-state index contributed by atoms with van der Waals surface area (Å²) >= 11 is 0. The minimum Gasteiger partial charge on any atom is -0.394 e. The van der Waals surface area contributed by atoms with E-state index < -0.39 is 12.1 Å². The van der Waals surface area contributed by atoms with E-state index >= 15 is 0 Å². The maximum absolute atomic E-state index is 12.5. The van der Waals surface area contributed by atoms with Gasteiger partial charge in [-0.25, -0.2) is 0 Å². The molecule has 1 amide bonds. The monoisotopic (exact) mass is 1010 g/mol. The summed E-state index contributed by atoms with van der Waals surface area (Å²) in [5.41, 5.74) is 0. The lowest BCUT2D eigenvalue weighted by molar-refractivity contribution is -0.123. The van der Waals surface area contributed by atoms with Gasteiger partial charge in [0.05, 0.1) is 18.8 Å². The highest BCUT2D eigenvalue weighted by atomic mass is 16.3. The normalized spacial score (nSPS) is 12.9. The van der Waals surface area contributed by atoms with Crippen molar-refractivity contribution in [3.8, 4) is 0 Å². The fraction of sp³-hybridized carbons (Fsp3) is 0.897. The minimum absolute atomic E-state index is 0.0572. The van der Waals surface area contributed by atoms with E-state index in [9.17, 15) is 15.0 Å². The van der Waals surface area contributed by atoms with E-state index in [-0.39, 0.29) is 12.5 Å². The topological polar surface area (TPSA) is 69.6 Å². The first kappa shape index (κ1) is 70.6. The van der Waals surface area contributed by atoms with Gasteiger partial charge in [-0.15, -0.1) is 0 Å². The van der Waals surface area contributed by atoms with E-state index in [0.29, 0.717) is 6.42 Å². The van der Waals surface area contributed by atoms with Crippen LogP contribution < -0.4 is 5.32 Å². The molecule has 4 heteroatoms. The van der Waals surface area contributed by atoms with Gasteiger partial charge >= 0.3 is 0 Å². The highest BCUT2D eigenvalue weighted by Crippen LogP contribution is 2.18. The van der Waals surface area contributed by atoms with E-state index in [2.05, 4.69) is 43.5 Å². The zero-order valence-electron chi connectivity index (χ0n) is 49.2. The smallest absolute Gasteiger partial charge is 0.220 e. The number of aliphatic hydroxyl groups excluding tert-OH is 2. The Labute approximate surface area is 452 Å². The van der Waals surface area contributed by atoms with Gasteiger partial charge in [0.15, 0.2) is 0 Å². The zero-order valence-corrected chi connectivity index (χ0v) is 49.2. The minimum atomic E-state index is -0.840. The molecule has 0 heterocycles. The molecule has 0 aromatic heterocycles. The predicted molar refractivity (Wildman–Crippen MR) is 322 cm³/mol. The molecule has 0 bridgehead atoms. The molecule has 0 spiro atoms. The second kappa shape index (κ2) is 63.9. The fourth-order valence-corrected chi connectivity index (χ4v) is 10.6. The highest BCUT2D eigenvalue weighted by molar-refractivity contribution is 5.76. The Bertz CT molecular complexity index is 1100. The molecule has 0 aromatic carbocycles. The van der Waals surface area contributed by atoms with Crippen LogP contribution in [0.3, 0.4) is 0 Å².